The van der Waals surface area contributed by atoms with Crippen LogP contribution in [-0.2, 0) is 14.3 Å². The number of thiazole rings is 1. The van der Waals surface area contributed by atoms with E-state index in [2.05, 4.69) is 15.6 Å². The summed E-state index contributed by atoms with van der Waals surface area (Å²) in [7, 11) is 2.65. The number of aromatic nitrogens is 1. The number of esters is 1. The predicted octanol–water partition coefficient (Wildman–Crippen LogP) is 4.59. The number of carbonyl (C=O) groups is 4. The van der Waals surface area contributed by atoms with E-state index in [0.717, 1.165) is 16.2 Å². The summed E-state index contributed by atoms with van der Waals surface area (Å²) in [6.07, 6.45) is 0. The monoisotopic (exact) mass is 560 g/mol. The van der Waals surface area contributed by atoms with Crippen LogP contribution in [0.4, 0.5) is 16.5 Å². The second-order valence-corrected chi connectivity index (χ2v) is 9.35. The maximum absolute atomic E-state index is 13.2. The van der Waals surface area contributed by atoms with E-state index in [1.54, 1.807) is 31.2 Å². The number of nitrogens with one attached hydrogen (secondary N) is 2. The molecule has 3 aromatic rings. The Labute approximate surface area is 224 Å². The third kappa shape index (κ3) is 5.15. The van der Waals surface area contributed by atoms with E-state index in [0.29, 0.717) is 16.4 Å². The molecule has 2 heterocycles. The van der Waals surface area contributed by atoms with Crippen molar-refractivity contribution in [1.82, 2.24) is 4.98 Å². The fourth-order valence-electron chi connectivity index (χ4n) is 3.45. The van der Waals surface area contributed by atoms with Gasteiger partial charge in [0.15, 0.2) is 5.13 Å². The normalized spacial score (nSPS) is 13.2. The topological polar surface area (TPSA) is 127 Å². The van der Waals surface area contributed by atoms with E-state index >= 15 is 0 Å². The molecule has 0 saturated carbocycles. The smallest absolute Gasteiger partial charge is 0.350 e. The van der Waals surface area contributed by atoms with Gasteiger partial charge in [-0.3, -0.25) is 19.7 Å². The molecule has 0 fully saturated rings. The molecule has 1 aliphatic rings. The lowest BCUT2D eigenvalue weighted by molar-refractivity contribution is -0.120. The molecule has 0 radical (unpaired) electrons. The molecule has 37 heavy (non-hydrogen) atoms. The number of amides is 3. The zero-order valence-corrected chi connectivity index (χ0v) is 21.9. The first-order valence-corrected chi connectivity index (χ1v) is 12.1. The van der Waals surface area contributed by atoms with Gasteiger partial charge in [-0.15, -0.1) is 0 Å². The van der Waals surface area contributed by atoms with Crippen LogP contribution in [0.25, 0.3) is 0 Å². The number of carbonyl (C=O) groups excluding carboxylic acids is 4. The van der Waals surface area contributed by atoms with Crippen molar-refractivity contribution in [3.8, 4) is 5.75 Å². The van der Waals surface area contributed by atoms with Gasteiger partial charge in [-0.1, -0.05) is 40.6 Å². The van der Waals surface area contributed by atoms with E-state index in [9.17, 15) is 19.2 Å². The maximum Gasteiger partial charge on any atom is 0.350 e. The van der Waals surface area contributed by atoms with Gasteiger partial charge in [0, 0.05) is 16.3 Å². The number of anilines is 3. The quantitative estimate of drug-likeness (QED) is 0.317. The minimum absolute atomic E-state index is 0.137. The molecule has 13 heteroatoms. The van der Waals surface area contributed by atoms with Crippen molar-refractivity contribution in [3.05, 3.63) is 74.4 Å². The summed E-state index contributed by atoms with van der Waals surface area (Å²) in [6, 6.07) is 10.7. The van der Waals surface area contributed by atoms with Crippen molar-refractivity contribution >= 4 is 74.7 Å². The Morgan fingerprint density at radius 2 is 1.81 bits per heavy atom. The molecule has 2 N–H and O–H groups in total. The van der Waals surface area contributed by atoms with Crippen LogP contribution in [0.1, 0.15) is 25.7 Å². The lowest BCUT2D eigenvalue weighted by atomic mass is 10.2. The molecule has 0 bridgehead atoms. The summed E-state index contributed by atoms with van der Waals surface area (Å²) in [6.45, 7) is 1.63. The molecule has 10 nitrogen and oxygen atoms in total. The third-order valence-corrected chi connectivity index (χ3v) is 6.83. The molecule has 1 aliphatic heterocycles. The Bertz CT molecular complexity index is 1490. The highest BCUT2D eigenvalue weighted by atomic mass is 35.5. The molecule has 0 aliphatic carbocycles. The standard InChI is InChI=1S/C24H18Cl2N4O6S/c1-11-19(23(34)36-3)37-24(27-11)29-20(31)12-5-4-6-14(9-12)28-18-17(26)21(32)30(22(18)33)15-10-13(25)7-8-16(15)35-2/h4-10,28H,1-3H3,(H,27,29,31). The number of imide groups is 1. The molecule has 190 valence electrons. The number of ether oxygens (including phenoxy) is 2. The highest BCUT2D eigenvalue weighted by molar-refractivity contribution is 7.17. The summed E-state index contributed by atoms with van der Waals surface area (Å²) < 4.78 is 9.96. The van der Waals surface area contributed by atoms with Crippen molar-refractivity contribution in [2.24, 2.45) is 0 Å². The van der Waals surface area contributed by atoms with Crippen LogP contribution < -0.4 is 20.3 Å². The number of nitrogens with zero attached hydrogens (tertiary/aromatic N) is 2. The first-order chi connectivity index (χ1) is 17.6. The lowest BCUT2D eigenvalue weighted by Gasteiger charge is -2.18. The average molecular weight is 561 g/mol. The Kier molecular flexibility index (Phi) is 7.48. The van der Waals surface area contributed by atoms with Crippen LogP contribution >= 0.6 is 34.5 Å². The van der Waals surface area contributed by atoms with Gasteiger partial charge >= 0.3 is 5.97 Å². The summed E-state index contributed by atoms with van der Waals surface area (Å²) in [5.41, 5.74) is 0.934. The maximum atomic E-state index is 13.2. The highest BCUT2D eigenvalue weighted by Crippen LogP contribution is 2.37. The fraction of sp³-hybridized carbons (Fsp3) is 0.125. The third-order valence-electron chi connectivity index (χ3n) is 5.19. The van der Waals surface area contributed by atoms with Crippen LogP contribution in [0.15, 0.2) is 53.2 Å². The van der Waals surface area contributed by atoms with E-state index in [4.69, 9.17) is 32.7 Å². The average Bonchev–Trinajstić information content (AvgIpc) is 3.35. The molecular weight excluding hydrogens is 543 g/mol. The van der Waals surface area contributed by atoms with Crippen LogP contribution in [0.5, 0.6) is 5.75 Å². The van der Waals surface area contributed by atoms with Gasteiger partial charge in [-0.25, -0.2) is 14.7 Å². The fourth-order valence-corrected chi connectivity index (χ4v) is 4.71. The second kappa shape index (κ2) is 10.6. The predicted molar refractivity (Wildman–Crippen MR) is 140 cm³/mol. The molecule has 3 amide bonds. The number of benzene rings is 2. The largest absolute Gasteiger partial charge is 0.495 e. The number of aryl methyl sites for hydroxylation is 1. The molecule has 0 saturated heterocycles. The van der Waals surface area contributed by atoms with Gasteiger partial charge in [0.2, 0.25) is 0 Å². The Hall–Kier alpha value is -3.93. The number of halogens is 2. The van der Waals surface area contributed by atoms with E-state index in [1.165, 1.54) is 32.4 Å². The van der Waals surface area contributed by atoms with Crippen molar-refractivity contribution in [2.75, 3.05) is 29.8 Å². The number of hydrogen-bond acceptors (Lipinski definition) is 9. The van der Waals surface area contributed by atoms with Crippen molar-refractivity contribution in [1.29, 1.82) is 0 Å². The second-order valence-electron chi connectivity index (χ2n) is 7.54. The Balaban J connectivity index is 1.55. The Morgan fingerprint density at radius 3 is 2.51 bits per heavy atom. The first-order valence-electron chi connectivity index (χ1n) is 10.5. The van der Waals surface area contributed by atoms with Crippen molar-refractivity contribution < 1.29 is 28.7 Å². The molecule has 0 unspecified atom stereocenters. The number of methoxy groups -OCH3 is 2. The minimum Gasteiger partial charge on any atom is -0.495 e. The van der Waals surface area contributed by atoms with Crippen LogP contribution in [-0.4, -0.2) is 42.9 Å². The van der Waals surface area contributed by atoms with E-state index < -0.39 is 23.7 Å². The SMILES string of the molecule is COC(=O)c1sc(NC(=O)c2cccc(NC3=C(Cl)C(=O)N(c4cc(Cl)ccc4OC)C3=O)c2)nc1C. The van der Waals surface area contributed by atoms with Gasteiger partial charge in [0.05, 0.1) is 25.6 Å². The number of hydrogen-bond donors (Lipinski definition) is 2. The molecule has 0 spiro atoms. The zero-order valence-electron chi connectivity index (χ0n) is 19.5. The molecular formula is C24H18Cl2N4O6S. The highest BCUT2D eigenvalue weighted by Gasteiger charge is 2.40. The minimum atomic E-state index is -0.760. The summed E-state index contributed by atoms with van der Waals surface area (Å²) in [5, 5.41) is 5.63. The lowest BCUT2D eigenvalue weighted by Crippen LogP contribution is -2.32. The molecule has 0 atom stereocenters. The van der Waals surface area contributed by atoms with E-state index in [1.807, 2.05) is 0 Å². The van der Waals surface area contributed by atoms with Crippen LogP contribution in [0.3, 0.4) is 0 Å². The van der Waals surface area contributed by atoms with Crippen LogP contribution in [0.2, 0.25) is 5.02 Å². The first kappa shape index (κ1) is 26.1. The van der Waals surface area contributed by atoms with Crippen molar-refractivity contribution in [3.63, 3.8) is 0 Å². The molecule has 4 rings (SSSR count). The summed E-state index contributed by atoms with van der Waals surface area (Å²) in [5.74, 6) is -2.29. The van der Waals surface area contributed by atoms with Gasteiger partial charge in [-0.05, 0) is 43.3 Å². The van der Waals surface area contributed by atoms with Crippen LogP contribution in [0, 0.1) is 6.92 Å². The van der Waals surface area contributed by atoms with Gasteiger partial charge < -0.3 is 14.8 Å². The number of rotatable bonds is 7. The molecule has 2 aromatic carbocycles. The van der Waals surface area contributed by atoms with Gasteiger partial charge in [0.1, 0.15) is 21.4 Å². The van der Waals surface area contributed by atoms with Gasteiger partial charge in [-0.2, -0.15) is 0 Å². The van der Waals surface area contributed by atoms with Gasteiger partial charge in [0.25, 0.3) is 17.7 Å². The summed E-state index contributed by atoms with van der Waals surface area (Å²) in [4.78, 5) is 55.9. The Morgan fingerprint density at radius 1 is 1.05 bits per heavy atom. The summed E-state index contributed by atoms with van der Waals surface area (Å²) >= 11 is 13.3. The van der Waals surface area contributed by atoms with E-state index in [-0.39, 0.29) is 37.7 Å². The molecule has 1 aromatic heterocycles. The zero-order chi connectivity index (χ0) is 26.9. The van der Waals surface area contributed by atoms with Crippen molar-refractivity contribution in [2.45, 2.75) is 6.92 Å².